The maximum Gasteiger partial charge on any atom is 0.306 e. The van der Waals surface area contributed by atoms with Crippen molar-refractivity contribution >= 4 is 5.97 Å². The third-order valence-corrected chi connectivity index (χ3v) is 3.75. The van der Waals surface area contributed by atoms with Crippen molar-refractivity contribution in [3.8, 4) is 11.5 Å². The van der Waals surface area contributed by atoms with Gasteiger partial charge in [-0.05, 0) is 45.4 Å². The largest absolute Gasteiger partial charge is 0.497 e. The van der Waals surface area contributed by atoms with E-state index in [-0.39, 0.29) is 5.97 Å². The van der Waals surface area contributed by atoms with Gasteiger partial charge in [0.1, 0.15) is 17.1 Å². The number of methoxy groups -OCH3 is 2. The van der Waals surface area contributed by atoms with Crippen molar-refractivity contribution < 1.29 is 19.0 Å². The van der Waals surface area contributed by atoms with Crippen molar-refractivity contribution in [1.82, 2.24) is 0 Å². The molecule has 130 valence electrons. The molecular weight excluding hydrogens is 294 g/mol. The van der Waals surface area contributed by atoms with Gasteiger partial charge >= 0.3 is 5.97 Å². The fourth-order valence-corrected chi connectivity index (χ4v) is 2.32. The smallest absolute Gasteiger partial charge is 0.306 e. The van der Waals surface area contributed by atoms with Gasteiger partial charge in [-0.1, -0.05) is 12.8 Å². The number of benzene rings is 1. The van der Waals surface area contributed by atoms with Crippen molar-refractivity contribution in [1.29, 1.82) is 0 Å². The lowest BCUT2D eigenvalue weighted by atomic mass is 9.97. The Balaban J connectivity index is 2.65. The molecule has 0 bridgehead atoms. The average Bonchev–Trinajstić information content (AvgIpc) is 2.53. The molecule has 0 unspecified atom stereocenters. The van der Waals surface area contributed by atoms with Gasteiger partial charge in [0, 0.05) is 18.1 Å². The van der Waals surface area contributed by atoms with Gasteiger partial charge in [0.25, 0.3) is 0 Å². The molecule has 0 fully saturated rings. The Hall–Kier alpha value is -1.75. The highest BCUT2D eigenvalue weighted by Crippen LogP contribution is 2.32. The first kappa shape index (κ1) is 19.3. The van der Waals surface area contributed by atoms with E-state index in [4.69, 9.17) is 19.9 Å². The quantitative estimate of drug-likeness (QED) is 0.528. The van der Waals surface area contributed by atoms with Crippen LogP contribution in [0.25, 0.3) is 0 Å². The van der Waals surface area contributed by atoms with E-state index in [0.717, 1.165) is 31.2 Å². The molecule has 1 aromatic rings. The van der Waals surface area contributed by atoms with Gasteiger partial charge in [-0.2, -0.15) is 0 Å². The second-order valence-electron chi connectivity index (χ2n) is 6.04. The first-order valence-corrected chi connectivity index (χ1v) is 8.08. The number of ether oxygens (including phenoxy) is 3. The molecule has 5 nitrogen and oxygen atoms in total. The SMILES string of the molecule is COc1cc(OC)cc(C(C)(C)OC(=O)CCCCCCN)c1. The highest BCUT2D eigenvalue weighted by atomic mass is 16.6. The van der Waals surface area contributed by atoms with E-state index in [0.29, 0.717) is 24.5 Å². The number of esters is 1. The minimum atomic E-state index is -0.740. The van der Waals surface area contributed by atoms with E-state index in [2.05, 4.69) is 0 Å². The van der Waals surface area contributed by atoms with Crippen LogP contribution in [0.15, 0.2) is 18.2 Å². The summed E-state index contributed by atoms with van der Waals surface area (Å²) in [6, 6.07) is 5.51. The van der Waals surface area contributed by atoms with Gasteiger partial charge in [-0.15, -0.1) is 0 Å². The fourth-order valence-electron chi connectivity index (χ4n) is 2.32. The van der Waals surface area contributed by atoms with E-state index < -0.39 is 5.60 Å². The third-order valence-electron chi connectivity index (χ3n) is 3.75. The summed E-state index contributed by atoms with van der Waals surface area (Å²) in [5, 5.41) is 0. The Labute approximate surface area is 139 Å². The number of hydrogen-bond donors (Lipinski definition) is 1. The molecule has 23 heavy (non-hydrogen) atoms. The van der Waals surface area contributed by atoms with E-state index in [1.807, 2.05) is 26.0 Å². The summed E-state index contributed by atoms with van der Waals surface area (Å²) >= 11 is 0. The summed E-state index contributed by atoms with van der Waals surface area (Å²) in [5.41, 5.74) is 5.55. The molecule has 2 N–H and O–H groups in total. The Morgan fingerprint density at radius 1 is 1.00 bits per heavy atom. The van der Waals surface area contributed by atoms with Crippen LogP contribution in [-0.4, -0.2) is 26.7 Å². The van der Waals surface area contributed by atoms with Gasteiger partial charge in [0.15, 0.2) is 0 Å². The summed E-state index contributed by atoms with van der Waals surface area (Å²) in [6.45, 7) is 4.44. The number of carbonyl (C=O) groups excluding carboxylic acids is 1. The van der Waals surface area contributed by atoms with E-state index in [9.17, 15) is 4.79 Å². The molecule has 0 saturated carbocycles. The predicted molar refractivity (Wildman–Crippen MR) is 90.8 cm³/mol. The molecule has 0 saturated heterocycles. The maximum atomic E-state index is 12.1. The Morgan fingerprint density at radius 2 is 1.57 bits per heavy atom. The van der Waals surface area contributed by atoms with Crippen molar-refractivity contribution in [3.63, 3.8) is 0 Å². The highest BCUT2D eigenvalue weighted by Gasteiger charge is 2.26. The number of hydrogen-bond acceptors (Lipinski definition) is 5. The molecule has 0 heterocycles. The summed E-state index contributed by atoms with van der Waals surface area (Å²) in [4.78, 5) is 12.1. The van der Waals surface area contributed by atoms with Crippen molar-refractivity contribution in [2.75, 3.05) is 20.8 Å². The second kappa shape index (κ2) is 9.40. The van der Waals surface area contributed by atoms with Crippen LogP contribution in [0.5, 0.6) is 11.5 Å². The van der Waals surface area contributed by atoms with Gasteiger partial charge < -0.3 is 19.9 Å². The van der Waals surface area contributed by atoms with Crippen LogP contribution in [0.2, 0.25) is 0 Å². The minimum absolute atomic E-state index is 0.190. The lowest BCUT2D eigenvalue weighted by Crippen LogP contribution is -2.25. The summed E-state index contributed by atoms with van der Waals surface area (Å²) in [6.07, 6.45) is 4.32. The van der Waals surface area contributed by atoms with Crippen LogP contribution in [0.3, 0.4) is 0 Å². The molecule has 0 aromatic heterocycles. The lowest BCUT2D eigenvalue weighted by molar-refractivity contribution is -0.157. The van der Waals surface area contributed by atoms with Crippen LogP contribution in [-0.2, 0) is 15.1 Å². The fraction of sp³-hybridized carbons (Fsp3) is 0.611. The van der Waals surface area contributed by atoms with Crippen molar-refractivity contribution in [3.05, 3.63) is 23.8 Å². The van der Waals surface area contributed by atoms with E-state index >= 15 is 0 Å². The molecule has 0 amide bonds. The summed E-state index contributed by atoms with van der Waals surface area (Å²) in [7, 11) is 3.19. The predicted octanol–water partition coefficient (Wildman–Crippen LogP) is 3.39. The lowest BCUT2D eigenvalue weighted by Gasteiger charge is -2.26. The number of unbranched alkanes of at least 4 members (excludes halogenated alkanes) is 3. The van der Waals surface area contributed by atoms with Crippen LogP contribution in [0, 0.1) is 0 Å². The monoisotopic (exact) mass is 323 g/mol. The Bertz CT molecular complexity index is 478. The normalized spacial score (nSPS) is 11.2. The van der Waals surface area contributed by atoms with Gasteiger partial charge in [0.2, 0.25) is 0 Å². The molecule has 0 radical (unpaired) electrons. The summed E-state index contributed by atoms with van der Waals surface area (Å²) < 4.78 is 16.2. The first-order chi connectivity index (χ1) is 10.9. The zero-order valence-electron chi connectivity index (χ0n) is 14.7. The minimum Gasteiger partial charge on any atom is -0.497 e. The van der Waals surface area contributed by atoms with Crippen molar-refractivity contribution in [2.24, 2.45) is 5.73 Å². The molecule has 0 aliphatic heterocycles. The topological polar surface area (TPSA) is 70.8 Å². The Kier molecular flexibility index (Phi) is 7.89. The van der Waals surface area contributed by atoms with Gasteiger partial charge in [0.05, 0.1) is 14.2 Å². The number of rotatable bonds is 10. The van der Waals surface area contributed by atoms with Crippen LogP contribution >= 0.6 is 0 Å². The average molecular weight is 323 g/mol. The van der Waals surface area contributed by atoms with Gasteiger partial charge in [-0.3, -0.25) is 4.79 Å². The standard InChI is InChI=1S/C18H29NO4/c1-18(2,23-17(20)9-7-5-6-8-10-19)14-11-15(21-3)13-16(12-14)22-4/h11-13H,5-10,19H2,1-4H3. The summed E-state index contributed by atoms with van der Waals surface area (Å²) in [5.74, 6) is 1.15. The first-order valence-electron chi connectivity index (χ1n) is 8.08. The molecule has 0 spiro atoms. The van der Waals surface area contributed by atoms with E-state index in [1.165, 1.54) is 0 Å². The van der Waals surface area contributed by atoms with Crippen LogP contribution in [0.1, 0.15) is 51.5 Å². The van der Waals surface area contributed by atoms with Crippen molar-refractivity contribution in [2.45, 2.75) is 51.6 Å². The maximum absolute atomic E-state index is 12.1. The number of nitrogens with two attached hydrogens (primary N) is 1. The zero-order valence-corrected chi connectivity index (χ0v) is 14.7. The molecule has 5 heteroatoms. The Morgan fingerprint density at radius 3 is 2.09 bits per heavy atom. The molecular formula is C18H29NO4. The second-order valence-corrected chi connectivity index (χ2v) is 6.04. The molecule has 0 aliphatic rings. The number of carbonyl (C=O) groups is 1. The molecule has 0 atom stereocenters. The molecule has 1 rings (SSSR count). The van der Waals surface area contributed by atoms with Gasteiger partial charge in [-0.25, -0.2) is 0 Å². The van der Waals surface area contributed by atoms with Crippen LogP contribution < -0.4 is 15.2 Å². The zero-order chi connectivity index (χ0) is 17.3. The third kappa shape index (κ3) is 6.48. The van der Waals surface area contributed by atoms with Crippen LogP contribution in [0.4, 0.5) is 0 Å². The molecule has 1 aromatic carbocycles. The molecule has 0 aliphatic carbocycles. The highest BCUT2D eigenvalue weighted by molar-refractivity contribution is 5.70. The van der Waals surface area contributed by atoms with E-state index in [1.54, 1.807) is 20.3 Å².